The van der Waals surface area contributed by atoms with Crippen LogP contribution in [0, 0.1) is 0 Å². The zero-order valence-corrected chi connectivity index (χ0v) is 12.0. The molecule has 3 unspecified atom stereocenters. The highest BCUT2D eigenvalue weighted by molar-refractivity contribution is 7.86. The van der Waals surface area contributed by atoms with Gasteiger partial charge in [-0.2, -0.15) is 0 Å². The normalized spacial score (nSPS) is 26.1. The maximum atomic E-state index is 12.6. The third-order valence-corrected chi connectivity index (χ3v) is 5.42. The monoisotopic (exact) mass is 267 g/mol. The second-order valence-electron chi connectivity index (χ2n) is 4.55. The summed E-state index contributed by atoms with van der Waals surface area (Å²) in [4.78, 5) is 0.889. The third-order valence-electron chi connectivity index (χ3n) is 3.43. The standard InChI is InChI=1S/C14H21NO2S/c1-4-9-15-13-10-7-6-8-11(17-3)14(10)18(16)12(13)5-2/h6-8,12-13,15H,4-5,9H2,1-3H3. The molecule has 1 aromatic rings. The molecular formula is C14H21NO2S. The molecule has 1 N–H and O–H groups in total. The van der Waals surface area contributed by atoms with Crippen molar-refractivity contribution >= 4 is 10.8 Å². The Balaban J connectivity index is 2.41. The first-order valence-corrected chi connectivity index (χ1v) is 7.76. The minimum atomic E-state index is -0.968. The number of ether oxygens (including phenoxy) is 1. The van der Waals surface area contributed by atoms with Crippen LogP contribution in [0.4, 0.5) is 0 Å². The van der Waals surface area contributed by atoms with Crippen LogP contribution < -0.4 is 10.1 Å². The van der Waals surface area contributed by atoms with E-state index < -0.39 is 10.8 Å². The molecule has 4 heteroatoms. The topological polar surface area (TPSA) is 38.3 Å². The van der Waals surface area contributed by atoms with E-state index in [0.717, 1.165) is 35.6 Å². The smallest absolute Gasteiger partial charge is 0.135 e. The van der Waals surface area contributed by atoms with Crippen molar-refractivity contribution in [2.45, 2.75) is 42.9 Å². The summed E-state index contributed by atoms with van der Waals surface area (Å²) in [6, 6.07) is 6.14. The van der Waals surface area contributed by atoms with Crippen molar-refractivity contribution in [1.82, 2.24) is 5.32 Å². The minimum Gasteiger partial charge on any atom is -0.495 e. The SMILES string of the molecule is CCCNC1c2cccc(OC)c2S(=O)C1CC. The number of nitrogens with one attached hydrogen (secondary N) is 1. The molecule has 0 spiro atoms. The summed E-state index contributed by atoms with van der Waals surface area (Å²) in [5.41, 5.74) is 1.15. The molecule has 2 rings (SSSR count). The minimum absolute atomic E-state index is 0.155. The van der Waals surface area contributed by atoms with Crippen LogP contribution in [0.1, 0.15) is 38.3 Å². The fraction of sp³-hybridized carbons (Fsp3) is 0.571. The Morgan fingerprint density at radius 3 is 2.78 bits per heavy atom. The van der Waals surface area contributed by atoms with Crippen LogP contribution in [0.5, 0.6) is 5.75 Å². The summed E-state index contributed by atoms with van der Waals surface area (Å²) >= 11 is 0. The molecule has 0 saturated carbocycles. The molecule has 18 heavy (non-hydrogen) atoms. The fourth-order valence-corrected chi connectivity index (χ4v) is 4.43. The van der Waals surface area contributed by atoms with Crippen LogP contribution in [0.2, 0.25) is 0 Å². The predicted molar refractivity (Wildman–Crippen MR) is 74.5 cm³/mol. The predicted octanol–water partition coefficient (Wildman–Crippen LogP) is 2.64. The van der Waals surface area contributed by atoms with E-state index >= 15 is 0 Å². The highest BCUT2D eigenvalue weighted by Crippen LogP contribution is 2.42. The number of rotatable bonds is 5. The highest BCUT2D eigenvalue weighted by atomic mass is 32.2. The van der Waals surface area contributed by atoms with Gasteiger partial charge in [-0.3, -0.25) is 4.21 Å². The number of hydrogen-bond donors (Lipinski definition) is 1. The zero-order valence-electron chi connectivity index (χ0n) is 11.2. The van der Waals surface area contributed by atoms with Crippen molar-refractivity contribution in [1.29, 1.82) is 0 Å². The average Bonchev–Trinajstić information content (AvgIpc) is 2.68. The highest BCUT2D eigenvalue weighted by Gasteiger charge is 2.39. The van der Waals surface area contributed by atoms with Crippen LogP contribution in [0.3, 0.4) is 0 Å². The van der Waals surface area contributed by atoms with Crippen LogP contribution in [0.25, 0.3) is 0 Å². The van der Waals surface area contributed by atoms with Gasteiger partial charge in [0.1, 0.15) is 5.75 Å². The fourth-order valence-electron chi connectivity index (χ4n) is 2.56. The summed E-state index contributed by atoms with van der Waals surface area (Å²) in [5, 5.41) is 3.68. The van der Waals surface area contributed by atoms with Gasteiger partial charge in [-0.1, -0.05) is 26.0 Å². The van der Waals surface area contributed by atoms with Crippen molar-refractivity contribution in [3.63, 3.8) is 0 Å². The third kappa shape index (κ3) is 2.19. The molecule has 1 aromatic carbocycles. The molecule has 0 radical (unpaired) electrons. The number of benzene rings is 1. The molecule has 0 aromatic heterocycles. The van der Waals surface area contributed by atoms with Gasteiger partial charge in [0.05, 0.1) is 28.1 Å². The molecule has 100 valence electrons. The van der Waals surface area contributed by atoms with Crippen LogP contribution in [0.15, 0.2) is 23.1 Å². The van der Waals surface area contributed by atoms with E-state index in [1.165, 1.54) is 0 Å². The maximum absolute atomic E-state index is 12.6. The van der Waals surface area contributed by atoms with Gasteiger partial charge in [-0.05, 0) is 31.0 Å². The molecule has 0 saturated heterocycles. The van der Waals surface area contributed by atoms with Crippen LogP contribution in [-0.2, 0) is 10.8 Å². The van der Waals surface area contributed by atoms with Gasteiger partial charge in [0.15, 0.2) is 0 Å². The summed E-state index contributed by atoms with van der Waals surface area (Å²) in [6.07, 6.45) is 1.99. The van der Waals surface area contributed by atoms with Gasteiger partial charge in [-0.25, -0.2) is 0 Å². The van der Waals surface area contributed by atoms with E-state index in [0.29, 0.717) is 0 Å². The second-order valence-corrected chi connectivity index (χ2v) is 6.16. The van der Waals surface area contributed by atoms with E-state index in [1.54, 1.807) is 7.11 Å². The first kappa shape index (κ1) is 13.6. The van der Waals surface area contributed by atoms with Gasteiger partial charge in [0, 0.05) is 6.04 Å². The zero-order chi connectivity index (χ0) is 13.1. The van der Waals surface area contributed by atoms with Gasteiger partial charge >= 0.3 is 0 Å². The van der Waals surface area contributed by atoms with Crippen LogP contribution in [-0.4, -0.2) is 23.1 Å². The Bertz CT molecular complexity index is 447. The molecule has 0 amide bonds. The Morgan fingerprint density at radius 2 is 2.17 bits per heavy atom. The largest absolute Gasteiger partial charge is 0.495 e. The van der Waals surface area contributed by atoms with E-state index in [4.69, 9.17) is 4.74 Å². The molecule has 3 nitrogen and oxygen atoms in total. The lowest BCUT2D eigenvalue weighted by Crippen LogP contribution is -2.30. The van der Waals surface area contributed by atoms with E-state index in [9.17, 15) is 4.21 Å². The van der Waals surface area contributed by atoms with E-state index in [-0.39, 0.29) is 11.3 Å². The summed E-state index contributed by atoms with van der Waals surface area (Å²) in [5.74, 6) is 0.755. The Hall–Kier alpha value is -0.870. The molecule has 0 aliphatic carbocycles. The summed E-state index contributed by atoms with van der Waals surface area (Å²) < 4.78 is 17.9. The number of hydrogen-bond acceptors (Lipinski definition) is 3. The van der Waals surface area contributed by atoms with E-state index in [1.807, 2.05) is 12.1 Å². The van der Waals surface area contributed by atoms with Gasteiger partial charge in [-0.15, -0.1) is 0 Å². The first-order valence-electron chi connectivity index (χ1n) is 6.55. The lowest BCUT2D eigenvalue weighted by molar-refractivity contribution is 0.402. The summed E-state index contributed by atoms with van der Waals surface area (Å²) in [7, 11) is 0.671. The van der Waals surface area contributed by atoms with Crippen molar-refractivity contribution in [3.05, 3.63) is 23.8 Å². The molecular weight excluding hydrogens is 246 g/mol. The molecule has 0 bridgehead atoms. The van der Waals surface area contributed by atoms with Crippen molar-refractivity contribution < 1.29 is 8.95 Å². The average molecular weight is 267 g/mol. The lowest BCUT2D eigenvalue weighted by atomic mass is 10.0. The molecule has 0 fully saturated rings. The first-order chi connectivity index (χ1) is 8.74. The van der Waals surface area contributed by atoms with Gasteiger partial charge in [0.2, 0.25) is 0 Å². The molecule has 3 atom stereocenters. The van der Waals surface area contributed by atoms with Crippen molar-refractivity contribution in [2.24, 2.45) is 0 Å². The maximum Gasteiger partial charge on any atom is 0.135 e. The quantitative estimate of drug-likeness (QED) is 0.891. The van der Waals surface area contributed by atoms with Crippen molar-refractivity contribution in [3.8, 4) is 5.75 Å². The number of methoxy groups -OCH3 is 1. The molecule has 1 aliphatic rings. The number of fused-ring (bicyclic) bond motifs is 1. The Kier molecular flexibility index (Phi) is 4.40. The second kappa shape index (κ2) is 5.85. The summed E-state index contributed by atoms with van der Waals surface area (Å²) in [6.45, 7) is 5.20. The Labute approximate surface area is 111 Å². The lowest BCUT2D eigenvalue weighted by Gasteiger charge is -2.19. The van der Waals surface area contributed by atoms with Gasteiger partial charge < -0.3 is 10.1 Å². The van der Waals surface area contributed by atoms with Crippen LogP contribution >= 0.6 is 0 Å². The molecule has 1 heterocycles. The molecule has 1 aliphatic heterocycles. The van der Waals surface area contributed by atoms with E-state index in [2.05, 4.69) is 25.2 Å². The van der Waals surface area contributed by atoms with Gasteiger partial charge in [0.25, 0.3) is 0 Å². The van der Waals surface area contributed by atoms with Crippen molar-refractivity contribution in [2.75, 3.05) is 13.7 Å². The Morgan fingerprint density at radius 1 is 1.39 bits per heavy atom.